The van der Waals surface area contributed by atoms with Crippen molar-refractivity contribution in [1.29, 1.82) is 0 Å². The third-order valence-corrected chi connectivity index (χ3v) is 3.08. The van der Waals surface area contributed by atoms with Gasteiger partial charge in [-0.15, -0.1) is 0 Å². The van der Waals surface area contributed by atoms with Gasteiger partial charge in [0, 0.05) is 5.92 Å². The van der Waals surface area contributed by atoms with Gasteiger partial charge in [0.25, 0.3) is 0 Å². The van der Waals surface area contributed by atoms with Crippen LogP contribution in [0.15, 0.2) is 54.6 Å². The summed E-state index contributed by atoms with van der Waals surface area (Å²) in [6, 6.07) is 16.5. The lowest BCUT2D eigenvalue weighted by Crippen LogP contribution is -2.35. The van der Waals surface area contributed by atoms with Crippen molar-refractivity contribution in [3.8, 4) is 11.5 Å². The predicted octanol–water partition coefficient (Wildman–Crippen LogP) is 3.19. The molecule has 0 aromatic heterocycles. The fourth-order valence-corrected chi connectivity index (χ4v) is 1.84. The van der Waals surface area contributed by atoms with Gasteiger partial charge in [-0.1, -0.05) is 44.2 Å². The second kappa shape index (κ2) is 7.98. The van der Waals surface area contributed by atoms with Gasteiger partial charge >= 0.3 is 0 Å². The SMILES string of the molecule is CC(C)C(=O)NCC(=O)Nc1ccccc1Oc1ccccc1. The van der Waals surface area contributed by atoms with E-state index < -0.39 is 0 Å². The summed E-state index contributed by atoms with van der Waals surface area (Å²) in [4.78, 5) is 23.5. The molecule has 2 aromatic carbocycles. The molecule has 5 nitrogen and oxygen atoms in total. The first-order valence-electron chi connectivity index (χ1n) is 7.46. The van der Waals surface area contributed by atoms with Crippen molar-refractivity contribution in [3.05, 3.63) is 54.6 Å². The van der Waals surface area contributed by atoms with Crippen molar-refractivity contribution in [2.24, 2.45) is 5.92 Å². The van der Waals surface area contributed by atoms with Gasteiger partial charge in [0.2, 0.25) is 11.8 Å². The zero-order valence-corrected chi connectivity index (χ0v) is 13.2. The number of hydrogen-bond acceptors (Lipinski definition) is 3. The lowest BCUT2D eigenvalue weighted by atomic mass is 10.2. The molecule has 0 aliphatic carbocycles. The highest BCUT2D eigenvalue weighted by Crippen LogP contribution is 2.28. The fourth-order valence-electron chi connectivity index (χ4n) is 1.84. The molecule has 0 saturated carbocycles. The summed E-state index contributed by atoms with van der Waals surface area (Å²) >= 11 is 0. The Kier molecular flexibility index (Phi) is 5.74. The summed E-state index contributed by atoms with van der Waals surface area (Å²) in [6.45, 7) is 3.48. The van der Waals surface area contributed by atoms with Gasteiger partial charge in [-0.05, 0) is 24.3 Å². The van der Waals surface area contributed by atoms with Gasteiger partial charge in [0.1, 0.15) is 5.75 Å². The molecular weight excluding hydrogens is 292 g/mol. The third kappa shape index (κ3) is 5.14. The molecule has 0 heterocycles. The van der Waals surface area contributed by atoms with Crippen molar-refractivity contribution in [2.45, 2.75) is 13.8 Å². The van der Waals surface area contributed by atoms with Crippen LogP contribution < -0.4 is 15.4 Å². The topological polar surface area (TPSA) is 67.4 Å². The molecule has 5 heteroatoms. The van der Waals surface area contributed by atoms with Crippen LogP contribution in [0.4, 0.5) is 5.69 Å². The Hall–Kier alpha value is -2.82. The zero-order valence-electron chi connectivity index (χ0n) is 13.2. The van der Waals surface area contributed by atoms with Crippen LogP contribution >= 0.6 is 0 Å². The number of ether oxygens (including phenoxy) is 1. The Morgan fingerprint density at radius 3 is 2.35 bits per heavy atom. The minimum atomic E-state index is -0.303. The molecule has 0 saturated heterocycles. The number of rotatable bonds is 6. The molecule has 2 rings (SSSR count). The number of carbonyl (C=O) groups is 2. The highest BCUT2D eigenvalue weighted by molar-refractivity contribution is 5.95. The third-order valence-electron chi connectivity index (χ3n) is 3.08. The Labute approximate surface area is 135 Å². The highest BCUT2D eigenvalue weighted by atomic mass is 16.5. The number of amides is 2. The van der Waals surface area contributed by atoms with Crippen LogP contribution in [-0.4, -0.2) is 18.4 Å². The van der Waals surface area contributed by atoms with E-state index in [2.05, 4.69) is 10.6 Å². The Balaban J connectivity index is 2.00. The molecule has 0 atom stereocenters. The molecule has 120 valence electrons. The van der Waals surface area contributed by atoms with Crippen LogP contribution in [0.5, 0.6) is 11.5 Å². The first-order chi connectivity index (χ1) is 11.1. The maximum absolute atomic E-state index is 12.0. The molecule has 0 fully saturated rings. The van der Waals surface area contributed by atoms with Gasteiger partial charge < -0.3 is 15.4 Å². The summed E-state index contributed by atoms with van der Waals surface area (Å²) in [5, 5.41) is 5.33. The average Bonchev–Trinajstić information content (AvgIpc) is 2.55. The van der Waals surface area contributed by atoms with Gasteiger partial charge in [0.15, 0.2) is 5.75 Å². The van der Waals surface area contributed by atoms with E-state index in [1.54, 1.807) is 32.0 Å². The number of carbonyl (C=O) groups excluding carboxylic acids is 2. The Morgan fingerprint density at radius 2 is 1.65 bits per heavy atom. The molecule has 0 bridgehead atoms. The lowest BCUT2D eigenvalue weighted by molar-refractivity contribution is -0.126. The first kappa shape index (κ1) is 16.5. The molecule has 0 radical (unpaired) electrons. The van der Waals surface area contributed by atoms with Crippen LogP contribution in [0, 0.1) is 5.92 Å². The number of nitrogens with one attached hydrogen (secondary N) is 2. The van der Waals surface area contributed by atoms with Gasteiger partial charge in [0.05, 0.1) is 12.2 Å². The molecule has 0 aliphatic heterocycles. The van der Waals surface area contributed by atoms with Crippen molar-refractivity contribution < 1.29 is 14.3 Å². The number of benzene rings is 2. The van der Waals surface area contributed by atoms with Crippen molar-refractivity contribution in [1.82, 2.24) is 5.32 Å². The monoisotopic (exact) mass is 312 g/mol. The van der Waals surface area contributed by atoms with Crippen LogP contribution in [0.1, 0.15) is 13.8 Å². The summed E-state index contributed by atoms with van der Waals surface area (Å²) in [7, 11) is 0. The predicted molar refractivity (Wildman–Crippen MR) is 89.4 cm³/mol. The first-order valence-corrected chi connectivity index (χ1v) is 7.46. The van der Waals surface area contributed by atoms with Crippen LogP contribution in [-0.2, 0) is 9.59 Å². The van der Waals surface area contributed by atoms with Crippen molar-refractivity contribution in [2.75, 3.05) is 11.9 Å². The van der Waals surface area contributed by atoms with E-state index in [0.717, 1.165) is 0 Å². The second-order valence-corrected chi connectivity index (χ2v) is 5.33. The van der Waals surface area contributed by atoms with Gasteiger partial charge in [-0.3, -0.25) is 9.59 Å². The fraction of sp³-hybridized carbons (Fsp3) is 0.222. The minimum absolute atomic E-state index is 0.0727. The van der Waals surface area contributed by atoms with Crippen molar-refractivity contribution in [3.63, 3.8) is 0 Å². The molecule has 2 N–H and O–H groups in total. The number of para-hydroxylation sites is 3. The summed E-state index contributed by atoms with van der Waals surface area (Å²) < 4.78 is 5.77. The lowest BCUT2D eigenvalue weighted by Gasteiger charge is -2.13. The molecule has 2 amide bonds. The van der Waals surface area contributed by atoms with E-state index in [4.69, 9.17) is 4.74 Å². The Morgan fingerprint density at radius 1 is 1.00 bits per heavy atom. The molecule has 2 aromatic rings. The molecule has 0 unspecified atom stereocenters. The van der Waals surface area contributed by atoms with Gasteiger partial charge in [-0.2, -0.15) is 0 Å². The minimum Gasteiger partial charge on any atom is -0.455 e. The number of anilines is 1. The van der Waals surface area contributed by atoms with Crippen LogP contribution in [0.2, 0.25) is 0 Å². The molecule has 0 spiro atoms. The molecular formula is C18H20N2O3. The summed E-state index contributed by atoms with van der Waals surface area (Å²) in [5.74, 6) is 0.609. The molecule has 23 heavy (non-hydrogen) atoms. The van der Waals surface area contributed by atoms with Crippen LogP contribution in [0.25, 0.3) is 0 Å². The number of hydrogen-bond donors (Lipinski definition) is 2. The average molecular weight is 312 g/mol. The van der Waals surface area contributed by atoms with E-state index in [-0.39, 0.29) is 24.3 Å². The second-order valence-electron chi connectivity index (χ2n) is 5.33. The normalized spacial score (nSPS) is 10.2. The zero-order chi connectivity index (χ0) is 16.7. The molecule has 0 aliphatic rings. The van der Waals surface area contributed by atoms with Crippen LogP contribution in [0.3, 0.4) is 0 Å². The van der Waals surface area contributed by atoms with Crippen molar-refractivity contribution >= 4 is 17.5 Å². The van der Waals surface area contributed by atoms with E-state index in [9.17, 15) is 9.59 Å². The van der Waals surface area contributed by atoms with E-state index in [1.165, 1.54) is 0 Å². The van der Waals surface area contributed by atoms with Gasteiger partial charge in [-0.25, -0.2) is 0 Å². The van der Waals surface area contributed by atoms with E-state index in [0.29, 0.717) is 17.2 Å². The Bertz CT molecular complexity index is 669. The maximum atomic E-state index is 12.0. The standard InChI is InChI=1S/C18H20N2O3/c1-13(2)18(22)19-12-17(21)20-15-10-6-7-11-16(15)23-14-8-4-3-5-9-14/h3-11,13H,12H2,1-2H3,(H,19,22)(H,20,21). The smallest absolute Gasteiger partial charge is 0.243 e. The quantitative estimate of drug-likeness (QED) is 0.861. The van der Waals surface area contributed by atoms with E-state index >= 15 is 0 Å². The largest absolute Gasteiger partial charge is 0.455 e. The summed E-state index contributed by atoms with van der Waals surface area (Å²) in [6.07, 6.45) is 0. The van der Waals surface area contributed by atoms with E-state index in [1.807, 2.05) is 36.4 Å². The summed E-state index contributed by atoms with van der Waals surface area (Å²) in [5.41, 5.74) is 0.556. The maximum Gasteiger partial charge on any atom is 0.243 e. The highest BCUT2D eigenvalue weighted by Gasteiger charge is 2.11.